The monoisotopic (exact) mass is 349 g/mol. The Morgan fingerprint density at radius 2 is 1.96 bits per heavy atom. The minimum absolute atomic E-state index is 0.0528. The SMILES string of the molecule is C[C@]12CC[C@H]3[C@@H](CCC4C[C@@H](O)CC[C@@]43C)C1=CC=C2c1cccnc1. The van der Waals surface area contributed by atoms with Gasteiger partial charge < -0.3 is 5.11 Å². The Kier molecular flexibility index (Phi) is 3.73. The molecule has 3 fully saturated rings. The number of aliphatic hydroxyl groups is 1. The highest BCUT2D eigenvalue weighted by molar-refractivity contribution is 5.78. The third-order valence-electron chi connectivity index (χ3n) is 8.65. The van der Waals surface area contributed by atoms with Crippen LogP contribution in [-0.2, 0) is 0 Å². The molecule has 4 aliphatic carbocycles. The Balaban J connectivity index is 1.46. The first kappa shape index (κ1) is 16.7. The first-order valence-electron chi connectivity index (χ1n) is 10.5. The maximum absolute atomic E-state index is 10.2. The summed E-state index contributed by atoms with van der Waals surface area (Å²) >= 11 is 0. The van der Waals surface area contributed by atoms with E-state index in [1.54, 1.807) is 5.57 Å². The van der Waals surface area contributed by atoms with Gasteiger partial charge in [0.2, 0.25) is 0 Å². The van der Waals surface area contributed by atoms with Gasteiger partial charge >= 0.3 is 0 Å². The fourth-order valence-electron chi connectivity index (χ4n) is 7.17. The van der Waals surface area contributed by atoms with Crippen LogP contribution in [0.15, 0.2) is 42.3 Å². The molecule has 1 aromatic rings. The zero-order chi connectivity index (χ0) is 17.9. The summed E-state index contributed by atoms with van der Waals surface area (Å²) in [7, 11) is 0. The molecule has 0 spiro atoms. The molecule has 4 aliphatic rings. The molecule has 0 saturated heterocycles. The molecule has 3 saturated carbocycles. The van der Waals surface area contributed by atoms with E-state index >= 15 is 0 Å². The number of pyridine rings is 1. The summed E-state index contributed by atoms with van der Waals surface area (Å²) in [6.07, 6.45) is 17.1. The molecule has 1 aromatic heterocycles. The Morgan fingerprint density at radius 3 is 2.77 bits per heavy atom. The van der Waals surface area contributed by atoms with Crippen molar-refractivity contribution in [2.24, 2.45) is 28.6 Å². The van der Waals surface area contributed by atoms with E-state index in [0.717, 1.165) is 30.6 Å². The van der Waals surface area contributed by atoms with Gasteiger partial charge in [0.15, 0.2) is 0 Å². The molecule has 138 valence electrons. The number of rotatable bonds is 1. The van der Waals surface area contributed by atoms with Crippen molar-refractivity contribution in [1.82, 2.24) is 4.98 Å². The van der Waals surface area contributed by atoms with E-state index in [-0.39, 0.29) is 11.5 Å². The Labute approximate surface area is 157 Å². The molecule has 1 heterocycles. The summed E-state index contributed by atoms with van der Waals surface area (Å²) in [5.74, 6) is 2.26. The van der Waals surface area contributed by atoms with Gasteiger partial charge in [0.25, 0.3) is 0 Å². The summed E-state index contributed by atoms with van der Waals surface area (Å²) < 4.78 is 0. The van der Waals surface area contributed by atoms with E-state index in [1.165, 1.54) is 43.2 Å². The molecule has 6 atom stereocenters. The van der Waals surface area contributed by atoms with Crippen molar-refractivity contribution < 1.29 is 5.11 Å². The van der Waals surface area contributed by atoms with Crippen LogP contribution in [0.5, 0.6) is 0 Å². The lowest BCUT2D eigenvalue weighted by Gasteiger charge is -2.59. The second-order valence-electron chi connectivity index (χ2n) is 9.74. The van der Waals surface area contributed by atoms with Crippen LogP contribution < -0.4 is 0 Å². The number of nitrogens with zero attached hydrogens (tertiary/aromatic N) is 1. The minimum atomic E-state index is -0.0528. The molecule has 0 aromatic carbocycles. The molecule has 5 rings (SSSR count). The average Bonchev–Trinajstić information content (AvgIpc) is 3.00. The normalized spacial score (nSPS) is 44.4. The van der Waals surface area contributed by atoms with Crippen LogP contribution in [0.4, 0.5) is 0 Å². The summed E-state index contributed by atoms with van der Waals surface area (Å²) in [5, 5.41) is 10.2. The van der Waals surface area contributed by atoms with E-state index < -0.39 is 0 Å². The van der Waals surface area contributed by atoms with Gasteiger partial charge in [-0.2, -0.15) is 0 Å². The van der Waals surface area contributed by atoms with E-state index in [9.17, 15) is 5.11 Å². The zero-order valence-electron chi connectivity index (χ0n) is 16.1. The van der Waals surface area contributed by atoms with Crippen molar-refractivity contribution in [2.45, 2.75) is 64.9 Å². The van der Waals surface area contributed by atoms with Crippen molar-refractivity contribution in [1.29, 1.82) is 0 Å². The predicted octanol–water partition coefficient (Wildman–Crippen LogP) is 5.40. The molecule has 2 nitrogen and oxygen atoms in total. The Bertz CT molecular complexity index is 766. The van der Waals surface area contributed by atoms with Gasteiger partial charge in [0.05, 0.1) is 6.10 Å². The summed E-state index contributed by atoms with van der Waals surface area (Å²) in [6.45, 7) is 5.02. The second kappa shape index (κ2) is 5.79. The fourth-order valence-corrected chi connectivity index (χ4v) is 7.17. The third kappa shape index (κ3) is 2.24. The number of allylic oxidation sites excluding steroid dienone is 4. The van der Waals surface area contributed by atoms with Crippen molar-refractivity contribution in [3.8, 4) is 0 Å². The number of hydrogen-bond donors (Lipinski definition) is 1. The molecular formula is C24H31NO. The zero-order valence-corrected chi connectivity index (χ0v) is 16.1. The molecule has 26 heavy (non-hydrogen) atoms. The van der Waals surface area contributed by atoms with Crippen LogP contribution >= 0.6 is 0 Å². The quantitative estimate of drug-likeness (QED) is 0.736. The largest absolute Gasteiger partial charge is 0.393 e. The van der Waals surface area contributed by atoms with E-state index in [1.807, 2.05) is 12.4 Å². The maximum Gasteiger partial charge on any atom is 0.0543 e. The van der Waals surface area contributed by atoms with Crippen molar-refractivity contribution >= 4 is 5.57 Å². The lowest BCUT2D eigenvalue weighted by Crippen LogP contribution is -2.51. The van der Waals surface area contributed by atoms with Gasteiger partial charge in [-0.1, -0.05) is 37.6 Å². The van der Waals surface area contributed by atoms with Crippen LogP contribution in [0.3, 0.4) is 0 Å². The van der Waals surface area contributed by atoms with Gasteiger partial charge in [-0.3, -0.25) is 4.98 Å². The maximum atomic E-state index is 10.2. The van der Waals surface area contributed by atoms with Crippen LogP contribution in [0, 0.1) is 28.6 Å². The molecule has 0 aliphatic heterocycles. The van der Waals surface area contributed by atoms with E-state index in [4.69, 9.17) is 0 Å². The van der Waals surface area contributed by atoms with Gasteiger partial charge in [0.1, 0.15) is 0 Å². The Hall–Kier alpha value is -1.41. The van der Waals surface area contributed by atoms with Crippen LogP contribution in [0.25, 0.3) is 5.57 Å². The second-order valence-corrected chi connectivity index (χ2v) is 9.74. The van der Waals surface area contributed by atoms with Gasteiger partial charge in [-0.05, 0) is 85.3 Å². The van der Waals surface area contributed by atoms with Crippen molar-refractivity contribution in [2.75, 3.05) is 0 Å². The highest BCUT2D eigenvalue weighted by Crippen LogP contribution is 2.66. The number of fused-ring (bicyclic) bond motifs is 5. The molecule has 0 amide bonds. The van der Waals surface area contributed by atoms with Gasteiger partial charge in [0, 0.05) is 17.8 Å². The molecule has 0 bridgehead atoms. The minimum Gasteiger partial charge on any atom is -0.393 e. The van der Waals surface area contributed by atoms with Crippen molar-refractivity contribution in [3.05, 3.63) is 47.8 Å². The lowest BCUT2D eigenvalue weighted by molar-refractivity contribution is -0.0784. The Morgan fingerprint density at radius 1 is 1.08 bits per heavy atom. The van der Waals surface area contributed by atoms with Gasteiger partial charge in [-0.25, -0.2) is 0 Å². The first-order chi connectivity index (χ1) is 12.5. The fraction of sp³-hybridized carbons (Fsp3) is 0.625. The highest BCUT2D eigenvalue weighted by Gasteiger charge is 2.56. The van der Waals surface area contributed by atoms with Crippen LogP contribution in [-0.4, -0.2) is 16.2 Å². The lowest BCUT2D eigenvalue weighted by atomic mass is 9.46. The first-order valence-corrected chi connectivity index (χ1v) is 10.5. The van der Waals surface area contributed by atoms with E-state index in [0.29, 0.717) is 5.41 Å². The molecule has 2 heteroatoms. The standard InChI is InChI=1S/C24H31NO/c1-23-11-9-18(26)14-17(23)5-6-19-21-8-7-20(16-4-3-13-25-15-16)24(21,2)12-10-22(19)23/h3-4,7-8,13,15,17-19,22,26H,5-6,9-12,14H2,1-2H3/t17?,18-,19-,22-,23-,24+/m0/s1. The van der Waals surface area contributed by atoms with Crippen LogP contribution in [0.1, 0.15) is 64.4 Å². The third-order valence-corrected chi connectivity index (χ3v) is 8.65. The van der Waals surface area contributed by atoms with Gasteiger partial charge in [-0.15, -0.1) is 0 Å². The van der Waals surface area contributed by atoms with Crippen molar-refractivity contribution in [3.63, 3.8) is 0 Å². The number of aliphatic hydroxyl groups excluding tert-OH is 1. The number of hydrogen-bond acceptors (Lipinski definition) is 2. The van der Waals surface area contributed by atoms with E-state index in [2.05, 4.69) is 43.1 Å². The molecule has 1 unspecified atom stereocenters. The number of aromatic nitrogens is 1. The topological polar surface area (TPSA) is 33.1 Å². The van der Waals surface area contributed by atoms with Crippen LogP contribution in [0.2, 0.25) is 0 Å². The average molecular weight is 350 g/mol. The smallest absolute Gasteiger partial charge is 0.0543 e. The summed E-state index contributed by atoms with van der Waals surface area (Å²) in [6, 6.07) is 4.27. The predicted molar refractivity (Wildman–Crippen MR) is 105 cm³/mol. The molecule has 1 N–H and O–H groups in total. The molecule has 0 radical (unpaired) electrons. The summed E-state index contributed by atoms with van der Waals surface area (Å²) in [4.78, 5) is 4.36. The summed E-state index contributed by atoms with van der Waals surface area (Å²) in [5.41, 5.74) is 5.09. The highest BCUT2D eigenvalue weighted by atomic mass is 16.3. The molecular weight excluding hydrogens is 318 g/mol.